The molecule has 1 aromatic heterocycles. The van der Waals surface area contributed by atoms with Crippen LogP contribution in [0.5, 0.6) is 0 Å². The van der Waals surface area contributed by atoms with Crippen molar-refractivity contribution < 1.29 is 0 Å². The SMILES string of the molecule is N#Cc1ccc(-c2ccc(N(c3ccc(-c4ccc(-c5ccccc5)c5ccccc45)cc3)c3ccc(-n4c5ccccc5c5ccccc54)cc3)cc2)cc1. The molecule has 0 saturated carbocycles. The molecule has 0 unspecified atom stereocenters. The maximum absolute atomic E-state index is 9.30. The zero-order chi connectivity index (χ0) is 37.4. The normalized spacial score (nSPS) is 11.2. The molecule has 0 N–H and O–H groups in total. The van der Waals surface area contributed by atoms with Gasteiger partial charge in [0, 0.05) is 33.5 Å². The predicted octanol–water partition coefficient (Wildman–Crippen LogP) is 14.3. The summed E-state index contributed by atoms with van der Waals surface area (Å²) in [5.74, 6) is 0. The Morgan fingerprint density at radius 1 is 0.339 bits per heavy atom. The van der Waals surface area contributed by atoms with Crippen molar-refractivity contribution in [2.45, 2.75) is 0 Å². The van der Waals surface area contributed by atoms with Crippen molar-refractivity contribution >= 4 is 49.6 Å². The Bertz CT molecular complexity index is 2990. The lowest BCUT2D eigenvalue weighted by Gasteiger charge is -2.26. The van der Waals surface area contributed by atoms with E-state index in [9.17, 15) is 5.26 Å². The van der Waals surface area contributed by atoms with E-state index in [1.54, 1.807) is 0 Å². The molecule has 1 heterocycles. The van der Waals surface area contributed by atoms with E-state index >= 15 is 0 Å². The summed E-state index contributed by atoms with van der Waals surface area (Å²) in [5.41, 5.74) is 14.3. The Balaban J connectivity index is 1.06. The standard InChI is InChI=1S/C53H35N3/c54-36-37-18-20-38(21-19-37)39-22-26-42(27-23-39)55(44-30-32-45(33-31-44)56-52-16-8-6-14-50(52)51-15-7-9-17-53(51)56)43-28-24-41(25-29-43)47-35-34-46(40-10-2-1-3-11-40)48-12-4-5-13-49(47)48/h1-35H. The second kappa shape index (κ2) is 14.0. The number of nitriles is 1. The Morgan fingerprint density at radius 2 is 0.732 bits per heavy atom. The van der Waals surface area contributed by atoms with Gasteiger partial charge in [-0.1, -0.05) is 140 Å². The number of hydrogen-bond acceptors (Lipinski definition) is 2. The molecule has 0 aliphatic heterocycles. The Kier molecular flexibility index (Phi) is 8.21. The molecular weight excluding hydrogens is 679 g/mol. The molecule has 0 fully saturated rings. The van der Waals surface area contributed by atoms with Gasteiger partial charge in [0.1, 0.15) is 0 Å². The summed E-state index contributed by atoms with van der Waals surface area (Å²) in [5, 5.41) is 14.3. The van der Waals surface area contributed by atoms with Crippen LogP contribution in [0.4, 0.5) is 17.1 Å². The van der Waals surface area contributed by atoms with E-state index in [-0.39, 0.29) is 0 Å². The van der Waals surface area contributed by atoms with Crippen LogP contribution >= 0.6 is 0 Å². The average molecular weight is 714 g/mol. The van der Waals surface area contributed by atoms with Crippen LogP contribution in [0.1, 0.15) is 5.56 Å². The molecule has 0 aliphatic carbocycles. The largest absolute Gasteiger partial charge is 0.311 e. The number of para-hydroxylation sites is 2. The quantitative estimate of drug-likeness (QED) is 0.165. The van der Waals surface area contributed by atoms with E-state index in [0.717, 1.165) is 33.9 Å². The van der Waals surface area contributed by atoms with Crippen molar-refractivity contribution in [2.24, 2.45) is 0 Å². The first-order valence-electron chi connectivity index (χ1n) is 18.9. The topological polar surface area (TPSA) is 32.0 Å². The van der Waals surface area contributed by atoms with Crippen molar-refractivity contribution in [1.82, 2.24) is 4.57 Å². The number of anilines is 3. The van der Waals surface area contributed by atoms with Gasteiger partial charge in [0.25, 0.3) is 0 Å². The molecular formula is C53H35N3. The first-order chi connectivity index (χ1) is 27.7. The summed E-state index contributed by atoms with van der Waals surface area (Å²) in [7, 11) is 0. The summed E-state index contributed by atoms with van der Waals surface area (Å²) >= 11 is 0. The molecule has 0 atom stereocenters. The van der Waals surface area contributed by atoms with E-state index in [4.69, 9.17) is 0 Å². The number of hydrogen-bond donors (Lipinski definition) is 0. The molecule has 0 aliphatic rings. The minimum atomic E-state index is 0.657. The summed E-state index contributed by atoms with van der Waals surface area (Å²) in [6.07, 6.45) is 0. The molecule has 0 bridgehead atoms. The fourth-order valence-corrected chi connectivity index (χ4v) is 8.15. The lowest BCUT2D eigenvalue weighted by molar-refractivity contribution is 1.17. The van der Waals surface area contributed by atoms with Crippen molar-refractivity contribution in [1.29, 1.82) is 5.26 Å². The molecule has 9 aromatic carbocycles. The van der Waals surface area contributed by atoms with Gasteiger partial charge in [-0.15, -0.1) is 0 Å². The Labute approximate surface area is 326 Å². The van der Waals surface area contributed by atoms with Crippen LogP contribution in [-0.4, -0.2) is 4.57 Å². The molecule has 10 aromatic rings. The van der Waals surface area contributed by atoms with E-state index < -0.39 is 0 Å². The van der Waals surface area contributed by atoms with Crippen LogP contribution in [0.15, 0.2) is 212 Å². The molecule has 0 saturated heterocycles. The van der Waals surface area contributed by atoms with Crippen LogP contribution in [0, 0.1) is 11.3 Å². The monoisotopic (exact) mass is 713 g/mol. The van der Waals surface area contributed by atoms with Gasteiger partial charge in [-0.05, 0) is 117 Å². The fraction of sp³-hybridized carbons (Fsp3) is 0. The summed E-state index contributed by atoms with van der Waals surface area (Å²) in [4.78, 5) is 2.32. The molecule has 0 spiro atoms. The van der Waals surface area contributed by atoms with Gasteiger partial charge in [-0.2, -0.15) is 5.26 Å². The molecule has 3 heteroatoms. The first kappa shape index (κ1) is 32.9. The maximum Gasteiger partial charge on any atom is 0.0991 e. The van der Waals surface area contributed by atoms with Gasteiger partial charge in [-0.3, -0.25) is 0 Å². The van der Waals surface area contributed by atoms with Crippen LogP contribution in [0.3, 0.4) is 0 Å². The summed E-state index contributed by atoms with van der Waals surface area (Å²) < 4.78 is 2.35. The van der Waals surface area contributed by atoms with Crippen molar-refractivity contribution in [3.8, 4) is 45.1 Å². The lowest BCUT2D eigenvalue weighted by atomic mass is 9.92. The van der Waals surface area contributed by atoms with Gasteiger partial charge in [0.2, 0.25) is 0 Å². The summed E-state index contributed by atoms with van der Waals surface area (Å²) in [6.45, 7) is 0. The third-order valence-corrected chi connectivity index (χ3v) is 10.9. The van der Waals surface area contributed by atoms with Crippen molar-refractivity contribution in [2.75, 3.05) is 4.90 Å². The zero-order valence-electron chi connectivity index (χ0n) is 30.5. The number of fused-ring (bicyclic) bond motifs is 4. The zero-order valence-corrected chi connectivity index (χ0v) is 30.5. The number of rotatable bonds is 7. The number of benzene rings is 9. The lowest BCUT2D eigenvalue weighted by Crippen LogP contribution is -2.10. The summed E-state index contributed by atoms with van der Waals surface area (Å²) in [6, 6.07) is 77.5. The fourth-order valence-electron chi connectivity index (χ4n) is 8.15. The van der Waals surface area contributed by atoms with Crippen LogP contribution < -0.4 is 4.90 Å². The molecule has 262 valence electrons. The third kappa shape index (κ3) is 5.78. The number of nitrogens with zero attached hydrogens (tertiary/aromatic N) is 3. The maximum atomic E-state index is 9.30. The number of aromatic nitrogens is 1. The van der Waals surface area contributed by atoms with Gasteiger partial charge in [0.05, 0.1) is 22.7 Å². The minimum Gasteiger partial charge on any atom is -0.311 e. The van der Waals surface area contributed by atoms with E-state index in [1.807, 2.05) is 24.3 Å². The Morgan fingerprint density at radius 3 is 1.23 bits per heavy atom. The van der Waals surface area contributed by atoms with E-state index in [0.29, 0.717) is 5.56 Å². The van der Waals surface area contributed by atoms with Gasteiger partial charge < -0.3 is 9.47 Å². The molecule has 0 radical (unpaired) electrons. The molecule has 10 rings (SSSR count). The van der Waals surface area contributed by atoms with Crippen LogP contribution in [-0.2, 0) is 0 Å². The predicted molar refractivity (Wildman–Crippen MR) is 234 cm³/mol. The van der Waals surface area contributed by atoms with Crippen molar-refractivity contribution in [3.05, 3.63) is 218 Å². The van der Waals surface area contributed by atoms with E-state index in [1.165, 1.54) is 54.8 Å². The van der Waals surface area contributed by atoms with Gasteiger partial charge in [0.15, 0.2) is 0 Å². The van der Waals surface area contributed by atoms with Crippen LogP contribution in [0.25, 0.3) is 71.6 Å². The second-order valence-corrected chi connectivity index (χ2v) is 14.1. The molecule has 0 amide bonds. The highest BCUT2D eigenvalue weighted by atomic mass is 15.1. The van der Waals surface area contributed by atoms with Crippen molar-refractivity contribution in [3.63, 3.8) is 0 Å². The molecule has 3 nitrogen and oxygen atoms in total. The average Bonchev–Trinajstić information content (AvgIpc) is 3.62. The van der Waals surface area contributed by atoms with E-state index in [2.05, 4.69) is 204 Å². The first-order valence-corrected chi connectivity index (χ1v) is 18.9. The highest BCUT2D eigenvalue weighted by molar-refractivity contribution is 6.09. The highest BCUT2D eigenvalue weighted by Gasteiger charge is 2.17. The molecule has 56 heavy (non-hydrogen) atoms. The third-order valence-electron chi connectivity index (χ3n) is 10.9. The Hall–Kier alpha value is -7.67. The smallest absolute Gasteiger partial charge is 0.0991 e. The highest BCUT2D eigenvalue weighted by Crippen LogP contribution is 2.40. The minimum absolute atomic E-state index is 0.657. The van der Waals surface area contributed by atoms with Gasteiger partial charge >= 0.3 is 0 Å². The van der Waals surface area contributed by atoms with Gasteiger partial charge in [-0.25, -0.2) is 0 Å². The second-order valence-electron chi connectivity index (χ2n) is 14.1. The van der Waals surface area contributed by atoms with Crippen LogP contribution in [0.2, 0.25) is 0 Å².